The molecule has 0 atom stereocenters. The highest BCUT2D eigenvalue weighted by Crippen LogP contribution is 2.51. The molecule has 1 aliphatic carbocycles. The highest BCUT2D eigenvalue weighted by molar-refractivity contribution is 7.26. The third kappa shape index (κ3) is 6.84. The summed E-state index contributed by atoms with van der Waals surface area (Å²) in [6.07, 6.45) is 0. The lowest BCUT2D eigenvalue weighted by Gasteiger charge is -2.27. The van der Waals surface area contributed by atoms with Crippen LogP contribution < -0.4 is 4.90 Å². The van der Waals surface area contributed by atoms with Crippen LogP contribution in [0.2, 0.25) is 0 Å². The highest BCUT2D eigenvalue weighted by atomic mass is 32.1. The van der Waals surface area contributed by atoms with Gasteiger partial charge in [-0.3, -0.25) is 0 Å². The molecular weight excluding hydrogens is 889 g/mol. The summed E-state index contributed by atoms with van der Waals surface area (Å²) in [5, 5.41) is 5.02. The van der Waals surface area contributed by atoms with Gasteiger partial charge in [-0.25, -0.2) is 0 Å². The first-order valence-electron chi connectivity index (χ1n) is 24.9. The minimum absolute atomic E-state index is 0.0633. The SMILES string of the molecule is CC1(C)c2ccccc2-c2ccc(-c3ccc(N(c4ccc(-c5ccc(-c6ccccc6)cc5)cc4)c4cccc5sc6ccc(-c7ccc8c(c7)c7ccccc7n8-c7ccccc7)cc6c45)cc3)cc21. The fourth-order valence-corrected chi connectivity index (χ4v) is 12.7. The molecule has 2 heterocycles. The molecule has 3 heteroatoms. The molecule has 0 fully saturated rings. The van der Waals surface area contributed by atoms with Crippen LogP contribution >= 0.6 is 11.3 Å². The third-order valence-corrected chi connectivity index (χ3v) is 16.4. The summed E-state index contributed by atoms with van der Waals surface area (Å²) in [5.74, 6) is 0. The molecule has 0 N–H and O–H groups in total. The summed E-state index contributed by atoms with van der Waals surface area (Å²) in [7, 11) is 0. The topological polar surface area (TPSA) is 8.17 Å². The maximum atomic E-state index is 2.46. The van der Waals surface area contributed by atoms with Crippen LogP contribution in [0, 0.1) is 0 Å². The molecule has 0 unspecified atom stereocenters. The molecule has 11 aromatic carbocycles. The van der Waals surface area contributed by atoms with E-state index in [1.54, 1.807) is 0 Å². The summed E-state index contributed by atoms with van der Waals surface area (Å²) in [6.45, 7) is 4.71. The Morgan fingerprint density at radius 2 is 0.861 bits per heavy atom. The van der Waals surface area contributed by atoms with Gasteiger partial charge in [0.15, 0.2) is 0 Å². The van der Waals surface area contributed by atoms with E-state index in [4.69, 9.17) is 0 Å². The first kappa shape index (κ1) is 42.1. The first-order chi connectivity index (χ1) is 35.4. The molecule has 13 aromatic rings. The van der Waals surface area contributed by atoms with E-state index in [0.717, 1.165) is 17.1 Å². The molecule has 0 saturated heterocycles. The minimum Gasteiger partial charge on any atom is -0.310 e. The predicted octanol–water partition coefficient (Wildman–Crippen LogP) is 19.6. The molecular formula is C69H48N2S. The molecule has 0 bridgehead atoms. The second kappa shape index (κ2) is 16.7. The standard InChI is InChI=1S/C69H48N2S/c1-69(2)61-20-11-9-18-56(61)57-39-32-52(44-62(57)69)49-30-37-55(38-31-49)70(54-35-28-48(29-36-54)47-26-24-46(25-27-47)45-14-5-3-6-15-45)65-22-13-23-67-68(65)60-43-51(34-41-66(60)72-67)50-33-40-64-59(42-50)58-19-10-12-21-63(58)71(64)53-16-7-4-8-17-53/h3-44H,1-2H3. The molecule has 0 spiro atoms. The summed E-state index contributed by atoms with van der Waals surface area (Å²) < 4.78 is 4.92. The van der Waals surface area contributed by atoms with Gasteiger partial charge in [-0.05, 0) is 152 Å². The Balaban J connectivity index is 0.886. The number of anilines is 3. The number of thiophene rings is 1. The average molecular weight is 937 g/mol. The van der Waals surface area contributed by atoms with Crippen LogP contribution in [0.15, 0.2) is 255 Å². The molecule has 0 amide bonds. The van der Waals surface area contributed by atoms with E-state index in [-0.39, 0.29) is 5.41 Å². The predicted molar refractivity (Wildman–Crippen MR) is 308 cm³/mol. The van der Waals surface area contributed by atoms with Gasteiger partial charge in [0, 0.05) is 53.4 Å². The van der Waals surface area contributed by atoms with Gasteiger partial charge in [-0.15, -0.1) is 11.3 Å². The number of rotatable bonds is 8. The zero-order chi connectivity index (χ0) is 47.9. The number of aromatic nitrogens is 1. The molecule has 0 radical (unpaired) electrons. The van der Waals surface area contributed by atoms with Crippen molar-refractivity contribution < 1.29 is 0 Å². The summed E-state index contributed by atoms with van der Waals surface area (Å²) in [6, 6.07) is 94.1. The Morgan fingerprint density at radius 1 is 0.347 bits per heavy atom. The van der Waals surface area contributed by atoms with Gasteiger partial charge in [-0.2, -0.15) is 0 Å². The van der Waals surface area contributed by atoms with Crippen molar-refractivity contribution in [1.82, 2.24) is 4.57 Å². The van der Waals surface area contributed by atoms with Crippen molar-refractivity contribution in [2.45, 2.75) is 19.3 Å². The van der Waals surface area contributed by atoms with Crippen LogP contribution in [0.4, 0.5) is 17.1 Å². The lowest BCUT2D eigenvalue weighted by molar-refractivity contribution is 0.660. The maximum absolute atomic E-state index is 2.46. The van der Waals surface area contributed by atoms with Gasteiger partial charge >= 0.3 is 0 Å². The van der Waals surface area contributed by atoms with Gasteiger partial charge in [-0.1, -0.05) is 184 Å². The molecule has 0 saturated carbocycles. The lowest BCUT2D eigenvalue weighted by Crippen LogP contribution is -2.14. The second-order valence-corrected chi connectivity index (χ2v) is 20.8. The quantitative estimate of drug-likeness (QED) is 0.147. The number of benzene rings is 11. The lowest BCUT2D eigenvalue weighted by atomic mass is 9.81. The fraction of sp³-hybridized carbons (Fsp3) is 0.0435. The molecule has 340 valence electrons. The molecule has 2 aromatic heterocycles. The monoisotopic (exact) mass is 936 g/mol. The third-order valence-electron chi connectivity index (χ3n) is 15.2. The first-order valence-corrected chi connectivity index (χ1v) is 25.7. The van der Waals surface area contributed by atoms with E-state index in [2.05, 4.69) is 278 Å². The van der Waals surface area contributed by atoms with Crippen LogP contribution in [-0.2, 0) is 5.41 Å². The van der Waals surface area contributed by atoms with E-state index in [1.807, 2.05) is 11.3 Å². The van der Waals surface area contributed by atoms with Crippen molar-refractivity contribution in [2.75, 3.05) is 4.90 Å². The van der Waals surface area contributed by atoms with Crippen LogP contribution in [0.25, 0.3) is 103 Å². The smallest absolute Gasteiger partial charge is 0.0554 e. The van der Waals surface area contributed by atoms with Gasteiger partial charge in [0.2, 0.25) is 0 Å². The molecule has 2 nitrogen and oxygen atoms in total. The fourth-order valence-electron chi connectivity index (χ4n) is 11.6. The Labute approximate surface area is 424 Å². The van der Waals surface area contributed by atoms with E-state index in [9.17, 15) is 0 Å². The Bertz CT molecular complexity index is 4200. The minimum atomic E-state index is -0.0633. The molecule has 72 heavy (non-hydrogen) atoms. The summed E-state index contributed by atoms with van der Waals surface area (Å²) >= 11 is 1.87. The highest BCUT2D eigenvalue weighted by Gasteiger charge is 2.35. The van der Waals surface area contributed by atoms with Crippen molar-refractivity contribution in [3.63, 3.8) is 0 Å². The number of fused-ring (bicyclic) bond motifs is 9. The number of hydrogen-bond acceptors (Lipinski definition) is 2. The Hall–Kier alpha value is -8.76. The van der Waals surface area contributed by atoms with Gasteiger partial charge < -0.3 is 9.47 Å². The molecule has 0 aliphatic heterocycles. The van der Waals surface area contributed by atoms with Crippen LogP contribution in [0.5, 0.6) is 0 Å². The van der Waals surface area contributed by atoms with Crippen molar-refractivity contribution in [3.05, 3.63) is 266 Å². The molecule has 1 aliphatic rings. The summed E-state index contributed by atoms with van der Waals surface area (Å²) in [4.78, 5) is 2.46. The number of hydrogen-bond donors (Lipinski definition) is 0. The van der Waals surface area contributed by atoms with Crippen LogP contribution in [0.1, 0.15) is 25.0 Å². The van der Waals surface area contributed by atoms with Gasteiger partial charge in [0.25, 0.3) is 0 Å². The van der Waals surface area contributed by atoms with E-state index in [1.165, 1.54) is 114 Å². The van der Waals surface area contributed by atoms with Crippen molar-refractivity contribution in [3.8, 4) is 61.3 Å². The van der Waals surface area contributed by atoms with E-state index < -0.39 is 0 Å². The second-order valence-electron chi connectivity index (χ2n) is 19.7. The van der Waals surface area contributed by atoms with Crippen molar-refractivity contribution >= 4 is 70.4 Å². The van der Waals surface area contributed by atoms with E-state index in [0.29, 0.717) is 0 Å². The van der Waals surface area contributed by atoms with E-state index >= 15 is 0 Å². The molecule has 14 rings (SSSR count). The van der Waals surface area contributed by atoms with Crippen molar-refractivity contribution in [2.24, 2.45) is 0 Å². The van der Waals surface area contributed by atoms with Crippen LogP contribution in [0.3, 0.4) is 0 Å². The zero-order valence-corrected chi connectivity index (χ0v) is 40.9. The van der Waals surface area contributed by atoms with Gasteiger partial charge in [0.1, 0.15) is 0 Å². The Kier molecular flexibility index (Phi) is 9.77. The van der Waals surface area contributed by atoms with Crippen molar-refractivity contribution in [1.29, 1.82) is 0 Å². The average Bonchev–Trinajstić information content (AvgIpc) is 4.06. The Morgan fingerprint density at radius 3 is 1.58 bits per heavy atom. The van der Waals surface area contributed by atoms with Crippen LogP contribution in [-0.4, -0.2) is 4.57 Å². The number of para-hydroxylation sites is 2. The largest absolute Gasteiger partial charge is 0.310 e. The van der Waals surface area contributed by atoms with Gasteiger partial charge in [0.05, 0.1) is 16.7 Å². The number of nitrogens with zero attached hydrogens (tertiary/aromatic N) is 2. The normalized spacial score (nSPS) is 12.7. The zero-order valence-electron chi connectivity index (χ0n) is 40.1. The maximum Gasteiger partial charge on any atom is 0.0554 e. The summed E-state index contributed by atoms with van der Waals surface area (Å²) in [5.41, 5.74) is 22.0.